The van der Waals surface area contributed by atoms with Gasteiger partial charge in [-0.1, -0.05) is 32.1 Å². The first-order valence-electron chi connectivity index (χ1n) is 17.3. The minimum absolute atomic E-state index is 0.00294. The van der Waals surface area contributed by atoms with Crippen molar-refractivity contribution in [3.63, 3.8) is 0 Å². The largest absolute Gasteiger partial charge is 0.476 e. The summed E-state index contributed by atoms with van der Waals surface area (Å²) in [6, 6.07) is 5.85. The first kappa shape index (κ1) is 33.7. The average molecular weight is 627 g/mol. The van der Waals surface area contributed by atoms with E-state index in [1.165, 1.54) is 32.1 Å². The van der Waals surface area contributed by atoms with Crippen LogP contribution in [0.1, 0.15) is 85.0 Å². The fraction of sp³-hybridized carbons (Fsp3) is 0.743. The maximum atomic E-state index is 14.2. The fourth-order valence-electron chi connectivity index (χ4n) is 7.25. The molecule has 1 unspecified atom stereocenters. The van der Waals surface area contributed by atoms with E-state index in [0.29, 0.717) is 69.7 Å². The molecule has 0 bridgehead atoms. The number of hydrogen-bond acceptors (Lipinski definition) is 7. The van der Waals surface area contributed by atoms with E-state index in [1.54, 1.807) is 25.9 Å². The van der Waals surface area contributed by atoms with Crippen LogP contribution < -0.4 is 25.2 Å². The molecule has 10 heteroatoms. The number of benzene rings is 1. The summed E-state index contributed by atoms with van der Waals surface area (Å²) >= 11 is 0. The smallest absolute Gasteiger partial charge is 0.270 e. The lowest BCUT2D eigenvalue weighted by molar-refractivity contribution is -0.132. The van der Waals surface area contributed by atoms with Crippen LogP contribution in [-0.4, -0.2) is 82.0 Å². The van der Waals surface area contributed by atoms with E-state index < -0.39 is 5.60 Å². The number of fused-ring (bicyclic) bond motifs is 1. The molecule has 45 heavy (non-hydrogen) atoms. The highest BCUT2D eigenvalue weighted by Crippen LogP contribution is 2.43. The number of hydrogen-bond donors (Lipinski definition) is 2. The molecule has 3 amide bonds. The summed E-state index contributed by atoms with van der Waals surface area (Å²) in [5.41, 5.74) is 0.475. The molecule has 5 rings (SSSR count). The van der Waals surface area contributed by atoms with E-state index in [0.717, 1.165) is 24.9 Å². The molecule has 1 aromatic rings. The third-order valence-corrected chi connectivity index (χ3v) is 9.80. The fourth-order valence-corrected chi connectivity index (χ4v) is 7.25. The number of rotatable bonds is 14. The van der Waals surface area contributed by atoms with Gasteiger partial charge in [-0.25, -0.2) is 0 Å². The van der Waals surface area contributed by atoms with Crippen molar-refractivity contribution in [3.8, 4) is 5.75 Å². The van der Waals surface area contributed by atoms with Crippen LogP contribution in [0.3, 0.4) is 0 Å². The predicted molar refractivity (Wildman–Crippen MR) is 175 cm³/mol. The van der Waals surface area contributed by atoms with E-state index in [4.69, 9.17) is 14.2 Å². The molecule has 2 N–H and O–H groups in total. The van der Waals surface area contributed by atoms with Crippen LogP contribution in [0.4, 0.5) is 11.4 Å². The second-order valence-electron chi connectivity index (χ2n) is 13.9. The van der Waals surface area contributed by atoms with Gasteiger partial charge in [0.2, 0.25) is 11.8 Å². The topological polar surface area (TPSA) is 109 Å². The highest BCUT2D eigenvalue weighted by Gasteiger charge is 2.43. The first-order valence-corrected chi connectivity index (χ1v) is 17.3. The van der Waals surface area contributed by atoms with Crippen molar-refractivity contribution in [2.45, 2.75) is 103 Å². The lowest BCUT2D eigenvalue weighted by Gasteiger charge is -2.40. The zero-order valence-electron chi connectivity index (χ0n) is 27.8. The van der Waals surface area contributed by atoms with Gasteiger partial charge in [0.1, 0.15) is 5.75 Å². The molecule has 3 fully saturated rings. The van der Waals surface area contributed by atoms with Crippen molar-refractivity contribution in [1.82, 2.24) is 10.6 Å². The number of nitrogens with one attached hydrogen (secondary N) is 2. The highest BCUT2D eigenvalue weighted by molar-refractivity contribution is 6.04. The number of anilines is 2. The van der Waals surface area contributed by atoms with E-state index in [9.17, 15) is 14.4 Å². The maximum Gasteiger partial charge on any atom is 0.270 e. The number of carbonyl (C=O) groups is 3. The number of methoxy groups -OCH3 is 1. The third kappa shape index (κ3) is 8.37. The van der Waals surface area contributed by atoms with Gasteiger partial charge in [-0.2, -0.15) is 0 Å². The molecule has 250 valence electrons. The van der Waals surface area contributed by atoms with Gasteiger partial charge in [-0.3, -0.25) is 14.4 Å². The maximum absolute atomic E-state index is 14.2. The SMILES string of the molecule is CCOCC(CC1CCCCC1)NC(=O)[C@@H]1CNC[C@H](C(=O)N(c2ccc3c(c2)N(CCCOC)C(=O)C(C)(C)O3)C2CC2)C1. The number of piperidine rings is 1. The van der Waals surface area contributed by atoms with Crippen LogP contribution in [0.25, 0.3) is 0 Å². The van der Waals surface area contributed by atoms with Crippen LogP contribution >= 0.6 is 0 Å². The average Bonchev–Trinajstić information content (AvgIpc) is 3.88. The normalized spacial score (nSPS) is 24.0. The lowest BCUT2D eigenvalue weighted by atomic mass is 9.84. The first-order chi connectivity index (χ1) is 21.7. The van der Waals surface area contributed by atoms with Gasteiger partial charge in [0.15, 0.2) is 5.60 Å². The van der Waals surface area contributed by atoms with E-state index >= 15 is 0 Å². The van der Waals surface area contributed by atoms with Gasteiger partial charge >= 0.3 is 0 Å². The summed E-state index contributed by atoms with van der Waals surface area (Å²) in [6.45, 7) is 8.86. The summed E-state index contributed by atoms with van der Waals surface area (Å²) in [5, 5.41) is 6.69. The number of ether oxygens (including phenoxy) is 3. The van der Waals surface area contributed by atoms with E-state index in [1.807, 2.05) is 30.0 Å². The molecule has 4 aliphatic rings. The molecule has 3 atom stereocenters. The minimum Gasteiger partial charge on any atom is -0.476 e. The van der Waals surface area contributed by atoms with Crippen molar-refractivity contribution in [2.75, 3.05) is 56.4 Å². The minimum atomic E-state index is -0.977. The summed E-state index contributed by atoms with van der Waals surface area (Å²) in [6.07, 6.45) is 10.3. The van der Waals surface area contributed by atoms with Crippen molar-refractivity contribution in [3.05, 3.63) is 18.2 Å². The molecule has 2 aliphatic carbocycles. The molecule has 0 radical (unpaired) electrons. The van der Waals surface area contributed by atoms with Gasteiger partial charge in [0, 0.05) is 51.7 Å². The Balaban J connectivity index is 1.28. The monoisotopic (exact) mass is 626 g/mol. The molecular formula is C35H54N4O6. The number of nitrogens with zero attached hydrogens (tertiary/aromatic N) is 2. The van der Waals surface area contributed by atoms with Gasteiger partial charge in [-0.15, -0.1) is 0 Å². The molecule has 2 aliphatic heterocycles. The molecule has 1 saturated heterocycles. The Morgan fingerprint density at radius 1 is 1.13 bits per heavy atom. The van der Waals surface area contributed by atoms with E-state index in [-0.39, 0.29) is 41.6 Å². The van der Waals surface area contributed by atoms with Crippen molar-refractivity contribution >= 4 is 29.1 Å². The zero-order chi connectivity index (χ0) is 32.0. The van der Waals surface area contributed by atoms with Crippen LogP contribution in [0, 0.1) is 17.8 Å². The summed E-state index contributed by atoms with van der Waals surface area (Å²) < 4.78 is 17.1. The Hall–Kier alpha value is -2.69. The predicted octanol–water partition coefficient (Wildman–Crippen LogP) is 4.44. The Labute approximate surface area is 268 Å². The Bertz CT molecular complexity index is 1180. The standard InChI is InChI=1S/C35H54N4O6/c1-5-44-23-27(18-24-10-7-6-8-11-24)37-32(40)25-19-26(22-36-21-25)33(41)39(28-12-13-28)29-14-15-31-30(20-29)38(16-9-17-43-4)34(42)35(2,3)45-31/h14-15,20,24-28,36H,5-13,16-19,21-23H2,1-4H3,(H,37,40)/t25-,26+,27?/m0/s1. The Morgan fingerprint density at radius 3 is 2.60 bits per heavy atom. The third-order valence-electron chi connectivity index (χ3n) is 9.80. The molecular weight excluding hydrogens is 572 g/mol. The second kappa shape index (κ2) is 15.3. The van der Waals surface area contributed by atoms with Crippen LogP contribution in [0.5, 0.6) is 5.75 Å². The molecule has 1 aromatic carbocycles. The molecule has 10 nitrogen and oxygen atoms in total. The molecule has 0 aromatic heterocycles. The van der Waals surface area contributed by atoms with Gasteiger partial charge in [-0.05, 0) is 77.0 Å². The van der Waals surface area contributed by atoms with Crippen LogP contribution in [0.2, 0.25) is 0 Å². The van der Waals surface area contributed by atoms with Crippen LogP contribution in [-0.2, 0) is 23.9 Å². The Morgan fingerprint density at radius 2 is 1.89 bits per heavy atom. The summed E-state index contributed by atoms with van der Waals surface area (Å²) in [4.78, 5) is 44.8. The summed E-state index contributed by atoms with van der Waals surface area (Å²) in [7, 11) is 1.65. The second-order valence-corrected chi connectivity index (χ2v) is 13.9. The van der Waals surface area contributed by atoms with Crippen LogP contribution in [0.15, 0.2) is 18.2 Å². The van der Waals surface area contributed by atoms with Gasteiger partial charge in [0.25, 0.3) is 5.91 Å². The van der Waals surface area contributed by atoms with E-state index in [2.05, 4.69) is 10.6 Å². The molecule has 0 spiro atoms. The molecule has 2 saturated carbocycles. The van der Waals surface area contributed by atoms with Crippen molar-refractivity contribution in [2.24, 2.45) is 17.8 Å². The summed E-state index contributed by atoms with van der Waals surface area (Å²) in [5.74, 6) is 0.609. The molecule has 2 heterocycles. The van der Waals surface area contributed by atoms with Gasteiger partial charge < -0.3 is 34.6 Å². The van der Waals surface area contributed by atoms with Crippen molar-refractivity contribution < 1.29 is 28.6 Å². The van der Waals surface area contributed by atoms with Gasteiger partial charge in [0.05, 0.1) is 30.2 Å². The highest BCUT2D eigenvalue weighted by atomic mass is 16.5. The quantitative estimate of drug-likeness (QED) is 0.294. The number of carbonyl (C=O) groups excluding carboxylic acids is 3. The number of amides is 3. The zero-order valence-corrected chi connectivity index (χ0v) is 27.8. The lowest BCUT2D eigenvalue weighted by Crippen LogP contribution is -2.53. The van der Waals surface area contributed by atoms with Crippen molar-refractivity contribution in [1.29, 1.82) is 0 Å². The Kier molecular flexibility index (Phi) is 11.4.